The van der Waals surface area contributed by atoms with Crippen LogP contribution in [0, 0.1) is 0 Å². The van der Waals surface area contributed by atoms with Crippen molar-refractivity contribution >= 4 is 29.0 Å². The Balaban J connectivity index is 1.59. The Kier molecular flexibility index (Phi) is 4.43. The second-order valence-electron chi connectivity index (χ2n) is 4.93. The van der Waals surface area contributed by atoms with E-state index in [4.69, 9.17) is 0 Å². The van der Waals surface area contributed by atoms with Crippen LogP contribution in [-0.4, -0.2) is 11.7 Å². The lowest BCUT2D eigenvalue weighted by Gasteiger charge is -2.25. The van der Waals surface area contributed by atoms with Gasteiger partial charge in [-0.2, -0.15) is 11.3 Å². The number of nitrogens with one attached hydrogen (secondary N) is 1. The molecule has 1 N–H and O–H groups in total. The Hall–Kier alpha value is -1.26. The first-order valence-corrected chi connectivity index (χ1v) is 8.78. The Morgan fingerprint density at radius 1 is 1.30 bits per heavy atom. The summed E-state index contributed by atoms with van der Waals surface area (Å²) >= 11 is 3.56. The summed E-state index contributed by atoms with van der Waals surface area (Å²) in [5.74, 6) is 1.23. The lowest BCUT2D eigenvalue weighted by atomic mass is 10.0. The Bertz CT molecular complexity index is 580. The topological polar surface area (TPSA) is 29.1 Å². The minimum absolute atomic E-state index is 0.155. The number of hydrogen-bond donors (Lipinski definition) is 1. The molecule has 0 saturated carbocycles. The molecule has 20 heavy (non-hydrogen) atoms. The van der Waals surface area contributed by atoms with E-state index in [2.05, 4.69) is 46.4 Å². The summed E-state index contributed by atoms with van der Waals surface area (Å²) in [5, 5.41) is 7.36. The number of rotatable bonds is 4. The number of benzene rings is 1. The molecule has 1 atom stereocenters. The quantitative estimate of drug-likeness (QED) is 0.924. The molecular weight excluding hydrogens is 286 g/mol. The normalized spacial score (nSPS) is 17.5. The summed E-state index contributed by atoms with van der Waals surface area (Å²) in [5.41, 5.74) is 2.53. The minimum Gasteiger partial charge on any atom is -0.349 e. The molecule has 3 rings (SSSR count). The monoisotopic (exact) mass is 303 g/mol. The van der Waals surface area contributed by atoms with Crippen LogP contribution >= 0.6 is 23.1 Å². The third-order valence-electron chi connectivity index (χ3n) is 3.51. The number of carbonyl (C=O) groups excluding carboxylic acids is 1. The standard InChI is InChI=1S/C16H17NOS2/c18-16(6-5-12-7-9-19-11-12)17-14-8-10-20-15-4-2-1-3-13(14)15/h1-4,7,9,11,14H,5-6,8,10H2,(H,17,18). The molecule has 0 aliphatic carbocycles. The van der Waals surface area contributed by atoms with Gasteiger partial charge >= 0.3 is 0 Å². The van der Waals surface area contributed by atoms with Crippen molar-refractivity contribution in [1.29, 1.82) is 0 Å². The molecule has 1 unspecified atom stereocenters. The van der Waals surface area contributed by atoms with Gasteiger partial charge in [-0.3, -0.25) is 4.79 Å². The van der Waals surface area contributed by atoms with Crippen LogP contribution in [0.4, 0.5) is 0 Å². The smallest absolute Gasteiger partial charge is 0.220 e. The number of amides is 1. The summed E-state index contributed by atoms with van der Waals surface area (Å²) in [4.78, 5) is 13.4. The van der Waals surface area contributed by atoms with Crippen molar-refractivity contribution in [2.24, 2.45) is 0 Å². The van der Waals surface area contributed by atoms with E-state index in [1.54, 1.807) is 11.3 Å². The van der Waals surface area contributed by atoms with Gasteiger partial charge in [0.15, 0.2) is 0 Å². The highest BCUT2D eigenvalue weighted by molar-refractivity contribution is 7.99. The maximum absolute atomic E-state index is 12.1. The summed E-state index contributed by atoms with van der Waals surface area (Å²) in [6.07, 6.45) is 2.42. The van der Waals surface area contributed by atoms with Crippen molar-refractivity contribution in [3.05, 3.63) is 52.2 Å². The highest BCUT2D eigenvalue weighted by Gasteiger charge is 2.21. The van der Waals surface area contributed by atoms with Gasteiger partial charge < -0.3 is 5.32 Å². The largest absolute Gasteiger partial charge is 0.349 e. The van der Waals surface area contributed by atoms with Crippen LogP contribution in [0.2, 0.25) is 0 Å². The van der Waals surface area contributed by atoms with Crippen molar-refractivity contribution in [2.45, 2.75) is 30.2 Å². The Labute approximate surface area is 127 Å². The molecule has 2 nitrogen and oxygen atoms in total. The predicted octanol–water partition coefficient (Wildman–Crippen LogP) is 4.03. The molecule has 1 aromatic heterocycles. The molecule has 2 heterocycles. The predicted molar refractivity (Wildman–Crippen MR) is 85.3 cm³/mol. The Morgan fingerprint density at radius 3 is 3.05 bits per heavy atom. The van der Waals surface area contributed by atoms with Gasteiger partial charge in [0, 0.05) is 17.1 Å². The van der Waals surface area contributed by atoms with Gasteiger partial charge in [0.1, 0.15) is 0 Å². The number of fused-ring (bicyclic) bond motifs is 1. The zero-order chi connectivity index (χ0) is 13.8. The lowest BCUT2D eigenvalue weighted by Crippen LogP contribution is -2.30. The molecule has 1 aliphatic heterocycles. The molecule has 0 bridgehead atoms. The number of thiophene rings is 1. The van der Waals surface area contributed by atoms with E-state index in [9.17, 15) is 4.79 Å². The summed E-state index contributed by atoms with van der Waals surface area (Å²) in [7, 11) is 0. The molecule has 2 aromatic rings. The van der Waals surface area contributed by atoms with Crippen LogP contribution in [0.15, 0.2) is 46.0 Å². The first-order valence-electron chi connectivity index (χ1n) is 6.85. The van der Waals surface area contributed by atoms with Gasteiger partial charge in [0.2, 0.25) is 5.91 Å². The maximum atomic E-state index is 12.1. The molecule has 1 aromatic carbocycles. The number of hydrogen-bond acceptors (Lipinski definition) is 3. The lowest BCUT2D eigenvalue weighted by molar-refractivity contribution is -0.121. The molecular formula is C16H17NOS2. The first-order chi connectivity index (χ1) is 9.83. The molecule has 0 spiro atoms. The van der Waals surface area contributed by atoms with Crippen molar-refractivity contribution in [3.63, 3.8) is 0 Å². The fourth-order valence-electron chi connectivity index (χ4n) is 2.45. The van der Waals surface area contributed by atoms with E-state index in [-0.39, 0.29) is 11.9 Å². The van der Waals surface area contributed by atoms with Crippen molar-refractivity contribution in [2.75, 3.05) is 5.75 Å². The van der Waals surface area contributed by atoms with Gasteiger partial charge in [-0.25, -0.2) is 0 Å². The first kappa shape index (κ1) is 13.7. The maximum Gasteiger partial charge on any atom is 0.220 e. The second-order valence-corrected chi connectivity index (χ2v) is 6.84. The molecule has 104 valence electrons. The van der Waals surface area contributed by atoms with E-state index in [0.717, 1.165) is 18.6 Å². The molecule has 0 fully saturated rings. The Morgan fingerprint density at radius 2 is 2.20 bits per heavy atom. The number of thioether (sulfide) groups is 1. The molecule has 4 heteroatoms. The van der Waals surface area contributed by atoms with Gasteiger partial charge in [0.25, 0.3) is 0 Å². The average molecular weight is 303 g/mol. The van der Waals surface area contributed by atoms with Gasteiger partial charge in [-0.05, 0) is 46.9 Å². The van der Waals surface area contributed by atoms with E-state index >= 15 is 0 Å². The third-order valence-corrected chi connectivity index (χ3v) is 5.37. The van der Waals surface area contributed by atoms with Gasteiger partial charge in [0.05, 0.1) is 6.04 Å². The molecule has 0 saturated heterocycles. The summed E-state index contributed by atoms with van der Waals surface area (Å²) < 4.78 is 0. The number of aryl methyl sites for hydroxylation is 1. The number of carbonyl (C=O) groups is 1. The van der Waals surface area contributed by atoms with Crippen molar-refractivity contribution in [1.82, 2.24) is 5.32 Å². The molecule has 1 amide bonds. The van der Waals surface area contributed by atoms with E-state index < -0.39 is 0 Å². The average Bonchev–Trinajstić information content (AvgIpc) is 2.99. The van der Waals surface area contributed by atoms with Crippen LogP contribution < -0.4 is 5.32 Å². The molecule has 1 aliphatic rings. The summed E-state index contributed by atoms with van der Waals surface area (Å²) in [6.45, 7) is 0. The zero-order valence-electron chi connectivity index (χ0n) is 11.2. The van der Waals surface area contributed by atoms with Crippen molar-refractivity contribution in [3.8, 4) is 0 Å². The van der Waals surface area contributed by atoms with Crippen LogP contribution in [0.25, 0.3) is 0 Å². The van der Waals surface area contributed by atoms with Crippen molar-refractivity contribution < 1.29 is 4.79 Å². The molecule has 0 radical (unpaired) electrons. The van der Waals surface area contributed by atoms with Gasteiger partial charge in [-0.15, -0.1) is 11.8 Å². The third kappa shape index (κ3) is 3.25. The second kappa shape index (κ2) is 6.46. The minimum atomic E-state index is 0.155. The fourth-order valence-corrected chi connectivity index (χ4v) is 4.28. The van der Waals surface area contributed by atoms with Crippen LogP contribution in [0.1, 0.15) is 30.0 Å². The zero-order valence-corrected chi connectivity index (χ0v) is 12.8. The van der Waals surface area contributed by atoms with Crippen LogP contribution in [-0.2, 0) is 11.2 Å². The van der Waals surface area contributed by atoms with Gasteiger partial charge in [-0.1, -0.05) is 18.2 Å². The summed E-state index contributed by atoms with van der Waals surface area (Å²) in [6, 6.07) is 10.7. The highest BCUT2D eigenvalue weighted by atomic mass is 32.2. The SMILES string of the molecule is O=C(CCc1ccsc1)NC1CCSc2ccccc21. The van der Waals surface area contributed by atoms with E-state index in [0.29, 0.717) is 6.42 Å². The highest BCUT2D eigenvalue weighted by Crippen LogP contribution is 2.35. The van der Waals surface area contributed by atoms with E-state index in [1.165, 1.54) is 16.0 Å². The van der Waals surface area contributed by atoms with E-state index in [1.807, 2.05) is 11.8 Å². The van der Waals surface area contributed by atoms with Crippen LogP contribution in [0.3, 0.4) is 0 Å². The fraction of sp³-hybridized carbons (Fsp3) is 0.312. The van der Waals surface area contributed by atoms with Crippen LogP contribution in [0.5, 0.6) is 0 Å².